The molecule has 0 aliphatic rings. The van der Waals surface area contributed by atoms with Crippen LogP contribution >= 0.6 is 0 Å². The fraction of sp³-hybridized carbons (Fsp3) is 0.556. The van der Waals surface area contributed by atoms with Crippen molar-refractivity contribution >= 4 is 0 Å². The van der Waals surface area contributed by atoms with Crippen LogP contribution in [0.25, 0.3) is 0 Å². The number of nitrogens with zero attached hydrogens (tertiary/aromatic N) is 2. The molecule has 0 aliphatic carbocycles. The molecule has 0 saturated heterocycles. The Hall–Kier alpha value is -1.30. The Balaban J connectivity index is 2.25. The van der Waals surface area contributed by atoms with Crippen LogP contribution in [0.15, 0.2) is 12.4 Å². The van der Waals surface area contributed by atoms with Gasteiger partial charge in [0.25, 0.3) is 5.82 Å². The molecule has 3 nitrogen and oxygen atoms in total. The van der Waals surface area contributed by atoms with Crippen LogP contribution in [0.3, 0.4) is 0 Å². The molecule has 0 radical (unpaired) electrons. The third-order valence-electron chi connectivity index (χ3n) is 1.92. The van der Waals surface area contributed by atoms with Crippen LogP contribution < -0.4 is 4.57 Å². The summed E-state index contributed by atoms with van der Waals surface area (Å²) in [5.41, 5.74) is 0. The first-order valence-electron chi connectivity index (χ1n) is 4.25. The number of hydrogen-bond acceptors (Lipinski definition) is 1. The molecule has 1 heterocycles. The fourth-order valence-electron chi connectivity index (χ4n) is 1.17. The van der Waals surface area contributed by atoms with Crippen LogP contribution in [0.1, 0.15) is 25.1 Å². The van der Waals surface area contributed by atoms with Gasteiger partial charge >= 0.3 is 0 Å². The highest BCUT2D eigenvalue weighted by Gasteiger charge is 2.02. The molecule has 64 valence electrons. The number of H-pyrrole nitrogens is 1. The minimum Gasteiger partial charge on any atom is -0.248 e. The average molecular weight is 164 g/mol. The summed E-state index contributed by atoms with van der Waals surface area (Å²) in [6, 6.07) is 2.15. The van der Waals surface area contributed by atoms with Crippen molar-refractivity contribution in [1.29, 1.82) is 5.26 Å². The van der Waals surface area contributed by atoms with Gasteiger partial charge in [-0.3, -0.25) is 0 Å². The molecule has 0 aromatic carbocycles. The van der Waals surface area contributed by atoms with E-state index in [9.17, 15) is 0 Å². The minimum atomic E-state index is 0.671. The Kier molecular flexibility index (Phi) is 3.34. The third kappa shape index (κ3) is 2.39. The van der Waals surface area contributed by atoms with Gasteiger partial charge in [0, 0.05) is 13.3 Å². The molecule has 1 aromatic heterocycles. The Morgan fingerprint density at radius 1 is 1.58 bits per heavy atom. The van der Waals surface area contributed by atoms with E-state index in [0.717, 1.165) is 19.4 Å². The molecule has 1 aromatic rings. The van der Waals surface area contributed by atoms with E-state index in [1.54, 1.807) is 0 Å². The van der Waals surface area contributed by atoms with E-state index >= 15 is 0 Å². The monoisotopic (exact) mass is 164 g/mol. The van der Waals surface area contributed by atoms with E-state index in [4.69, 9.17) is 5.26 Å². The molecule has 0 amide bonds. The number of nitrogens with one attached hydrogen (secondary N) is 1. The summed E-state index contributed by atoms with van der Waals surface area (Å²) in [6.45, 7) is 3.06. The summed E-state index contributed by atoms with van der Waals surface area (Å²) in [7, 11) is 0. The van der Waals surface area contributed by atoms with Gasteiger partial charge in [-0.1, -0.05) is 0 Å². The van der Waals surface area contributed by atoms with E-state index in [2.05, 4.69) is 15.6 Å². The highest BCUT2D eigenvalue weighted by Crippen LogP contribution is 1.93. The summed E-state index contributed by atoms with van der Waals surface area (Å²) >= 11 is 0. The van der Waals surface area contributed by atoms with Crippen LogP contribution in [0, 0.1) is 18.3 Å². The lowest BCUT2D eigenvalue weighted by Crippen LogP contribution is -2.34. The first-order valence-corrected chi connectivity index (χ1v) is 4.25. The zero-order chi connectivity index (χ0) is 8.81. The summed E-state index contributed by atoms with van der Waals surface area (Å²) in [4.78, 5) is 3.11. The number of aromatic amines is 1. The van der Waals surface area contributed by atoms with Gasteiger partial charge in [-0.25, -0.2) is 9.55 Å². The summed E-state index contributed by atoms with van der Waals surface area (Å²) < 4.78 is 2.16. The van der Waals surface area contributed by atoms with Gasteiger partial charge in [0.2, 0.25) is 0 Å². The van der Waals surface area contributed by atoms with Crippen LogP contribution in [-0.2, 0) is 6.54 Å². The molecule has 12 heavy (non-hydrogen) atoms. The Bertz CT molecular complexity index is 270. The number of rotatable bonds is 4. The van der Waals surface area contributed by atoms with Crippen molar-refractivity contribution in [2.24, 2.45) is 0 Å². The molecule has 1 rings (SSSR count). The molecule has 3 heteroatoms. The first kappa shape index (κ1) is 8.79. The second kappa shape index (κ2) is 4.55. The van der Waals surface area contributed by atoms with Gasteiger partial charge in [-0.15, -0.1) is 0 Å². The minimum absolute atomic E-state index is 0.671. The predicted octanol–water partition coefficient (Wildman–Crippen LogP) is 1.30. The number of hydrogen-bond donors (Lipinski definition) is 1. The van der Waals surface area contributed by atoms with Crippen LogP contribution in [-0.4, -0.2) is 4.98 Å². The third-order valence-corrected chi connectivity index (χ3v) is 1.92. The predicted molar refractivity (Wildman–Crippen MR) is 45.2 cm³/mol. The summed E-state index contributed by atoms with van der Waals surface area (Å²) in [5.74, 6) is 1.17. The number of aromatic nitrogens is 2. The van der Waals surface area contributed by atoms with E-state index < -0.39 is 0 Å². The molecule has 0 spiro atoms. The first-order chi connectivity index (χ1) is 5.84. The second-order valence-electron chi connectivity index (χ2n) is 2.85. The second-order valence-corrected chi connectivity index (χ2v) is 2.85. The molecule has 0 atom stereocenters. The van der Waals surface area contributed by atoms with E-state index in [1.165, 1.54) is 5.82 Å². The largest absolute Gasteiger partial charge is 0.251 e. The van der Waals surface area contributed by atoms with Crippen molar-refractivity contribution < 1.29 is 4.57 Å². The van der Waals surface area contributed by atoms with Gasteiger partial charge < -0.3 is 0 Å². The maximum atomic E-state index is 8.32. The molecule has 1 N–H and O–H groups in total. The quantitative estimate of drug-likeness (QED) is 0.529. The highest BCUT2D eigenvalue weighted by molar-refractivity contribution is 4.71. The van der Waals surface area contributed by atoms with E-state index in [1.807, 2.05) is 19.3 Å². The van der Waals surface area contributed by atoms with Crippen LogP contribution in [0.2, 0.25) is 0 Å². The van der Waals surface area contributed by atoms with Gasteiger partial charge in [0.15, 0.2) is 0 Å². The topological polar surface area (TPSA) is 43.5 Å². The van der Waals surface area contributed by atoms with Gasteiger partial charge in [0.1, 0.15) is 12.4 Å². The molecule has 0 unspecified atom stereocenters. The number of unbranched alkanes of at least 4 members (excludes halogenated alkanes) is 2. The van der Waals surface area contributed by atoms with Crippen molar-refractivity contribution in [3.63, 3.8) is 0 Å². The SMILES string of the molecule is Cc1[nH]cc[n+]1CCCCC#N. The molecule has 0 saturated carbocycles. The van der Waals surface area contributed by atoms with Gasteiger partial charge in [-0.05, 0) is 12.8 Å². The van der Waals surface area contributed by atoms with Crippen molar-refractivity contribution in [3.05, 3.63) is 18.2 Å². The lowest BCUT2D eigenvalue weighted by atomic mass is 10.2. The lowest BCUT2D eigenvalue weighted by Gasteiger charge is -1.95. The molecular formula is C9H14N3+. The molecular weight excluding hydrogens is 150 g/mol. The molecule has 0 aliphatic heterocycles. The molecule has 0 fully saturated rings. The Labute approximate surface area is 72.7 Å². The lowest BCUT2D eigenvalue weighted by molar-refractivity contribution is -0.701. The Morgan fingerprint density at radius 2 is 2.42 bits per heavy atom. The standard InChI is InChI=1S/C9H13N3/c1-9-11-6-8-12(9)7-4-2-3-5-10/h6,8H,2-4,7H2,1H3/p+1. The van der Waals surface area contributed by atoms with Gasteiger partial charge in [0.05, 0.1) is 12.6 Å². The van der Waals surface area contributed by atoms with E-state index in [-0.39, 0.29) is 0 Å². The fourth-order valence-corrected chi connectivity index (χ4v) is 1.17. The summed E-state index contributed by atoms with van der Waals surface area (Å²) in [6.07, 6.45) is 6.70. The number of aryl methyl sites for hydroxylation is 2. The number of nitriles is 1. The van der Waals surface area contributed by atoms with E-state index in [0.29, 0.717) is 6.42 Å². The maximum absolute atomic E-state index is 8.32. The van der Waals surface area contributed by atoms with Crippen molar-refractivity contribution in [2.75, 3.05) is 0 Å². The average Bonchev–Trinajstić information content (AvgIpc) is 2.46. The van der Waals surface area contributed by atoms with Crippen molar-refractivity contribution in [2.45, 2.75) is 32.7 Å². The van der Waals surface area contributed by atoms with Crippen LogP contribution in [0.5, 0.6) is 0 Å². The molecule has 0 bridgehead atoms. The normalized spacial score (nSPS) is 9.67. The summed E-state index contributed by atoms with van der Waals surface area (Å²) in [5, 5.41) is 8.32. The zero-order valence-corrected chi connectivity index (χ0v) is 7.38. The smallest absolute Gasteiger partial charge is 0.248 e. The zero-order valence-electron chi connectivity index (χ0n) is 7.38. The van der Waals surface area contributed by atoms with Crippen molar-refractivity contribution in [3.8, 4) is 6.07 Å². The maximum Gasteiger partial charge on any atom is 0.251 e. The highest BCUT2D eigenvalue weighted by atomic mass is 15.0. The number of imidazole rings is 1. The van der Waals surface area contributed by atoms with Gasteiger partial charge in [-0.2, -0.15) is 5.26 Å². The van der Waals surface area contributed by atoms with Crippen molar-refractivity contribution in [1.82, 2.24) is 4.98 Å². The van der Waals surface area contributed by atoms with Crippen LogP contribution in [0.4, 0.5) is 0 Å². The Morgan fingerprint density at radius 3 is 3.00 bits per heavy atom.